The van der Waals surface area contributed by atoms with Crippen LogP contribution in [0.25, 0.3) is 6.08 Å². The summed E-state index contributed by atoms with van der Waals surface area (Å²) in [5.74, 6) is 0. The predicted octanol–water partition coefficient (Wildman–Crippen LogP) is 2.69. The summed E-state index contributed by atoms with van der Waals surface area (Å²) in [7, 11) is 0. The first-order valence-corrected chi connectivity index (χ1v) is 4.55. The Hall–Kier alpha value is 0.0374. The van der Waals surface area contributed by atoms with E-state index in [0.717, 1.165) is 0 Å². The topological polar surface area (TPSA) is 0 Å². The van der Waals surface area contributed by atoms with Gasteiger partial charge in [0, 0.05) is 0 Å². The minimum atomic E-state index is 0.586. The van der Waals surface area contributed by atoms with E-state index in [1.807, 2.05) is 0 Å². The zero-order valence-electron chi connectivity index (χ0n) is 6.34. The van der Waals surface area contributed by atoms with E-state index >= 15 is 0 Å². The molecule has 2 heteroatoms. The van der Waals surface area contributed by atoms with Gasteiger partial charge in [-0.1, -0.05) is 0 Å². The predicted molar refractivity (Wildman–Crippen MR) is 51.7 cm³/mol. The molecule has 0 amide bonds. The molecule has 0 aromatic heterocycles. The van der Waals surface area contributed by atoms with E-state index in [2.05, 4.69) is 64.0 Å². The molecule has 1 unspecified atom stereocenters. The van der Waals surface area contributed by atoms with E-state index < -0.39 is 0 Å². The third kappa shape index (κ3) is 1.22. The summed E-state index contributed by atoms with van der Waals surface area (Å²) in [4.78, 5) is 0. The van der Waals surface area contributed by atoms with Crippen LogP contribution in [0.1, 0.15) is 15.7 Å². The van der Waals surface area contributed by atoms with Crippen LogP contribution in [0, 0.1) is 0 Å². The van der Waals surface area contributed by atoms with Crippen molar-refractivity contribution in [2.75, 3.05) is 0 Å². The molecule has 0 spiro atoms. The molecular weight excluding hydrogens is 195 g/mol. The van der Waals surface area contributed by atoms with E-state index in [-0.39, 0.29) is 0 Å². The second kappa shape index (κ2) is 2.82. The Morgan fingerprint density at radius 1 is 1.36 bits per heavy atom. The fourth-order valence-electron chi connectivity index (χ4n) is 1.47. The molecule has 0 aliphatic heterocycles. The van der Waals surface area contributed by atoms with Gasteiger partial charge in [-0.2, -0.15) is 0 Å². The standard InChI is InChI=1S/C9H6Br.Li/c10-9-6-2-4-7-3-1-5-8(7)9;/h1-6H;. The van der Waals surface area contributed by atoms with Gasteiger partial charge in [0.25, 0.3) is 0 Å². The van der Waals surface area contributed by atoms with Gasteiger partial charge in [0.1, 0.15) is 0 Å². The second-order valence-corrected chi connectivity index (χ2v) is 3.74. The molecule has 1 aromatic carbocycles. The van der Waals surface area contributed by atoms with E-state index in [0.29, 0.717) is 4.59 Å². The number of benzene rings is 1. The monoisotopic (exact) mass is 200 g/mol. The Morgan fingerprint density at radius 2 is 2.18 bits per heavy atom. The molecule has 0 fully saturated rings. The van der Waals surface area contributed by atoms with Crippen LogP contribution in [-0.4, -0.2) is 17.7 Å². The molecule has 0 heterocycles. The van der Waals surface area contributed by atoms with Crippen molar-refractivity contribution in [3.8, 4) is 0 Å². The fourth-order valence-corrected chi connectivity index (χ4v) is 1.98. The molecule has 1 aliphatic carbocycles. The minimum absolute atomic E-state index is 0.586. The van der Waals surface area contributed by atoms with Crippen molar-refractivity contribution in [1.82, 2.24) is 0 Å². The number of halogens is 1. The van der Waals surface area contributed by atoms with Crippen molar-refractivity contribution >= 4 is 39.7 Å². The summed E-state index contributed by atoms with van der Waals surface area (Å²) in [6.45, 7) is 0. The molecular formula is C9H6BrLi. The van der Waals surface area contributed by atoms with Crippen molar-refractivity contribution in [1.29, 1.82) is 0 Å². The van der Waals surface area contributed by atoms with Crippen LogP contribution in [0.2, 0.25) is 0 Å². The van der Waals surface area contributed by atoms with Gasteiger partial charge in [0.15, 0.2) is 0 Å². The van der Waals surface area contributed by atoms with Crippen molar-refractivity contribution in [3.05, 3.63) is 39.9 Å². The number of rotatable bonds is 0. The van der Waals surface area contributed by atoms with Gasteiger partial charge in [-0.15, -0.1) is 0 Å². The van der Waals surface area contributed by atoms with Crippen LogP contribution in [0.3, 0.4) is 0 Å². The summed E-state index contributed by atoms with van der Waals surface area (Å²) in [6, 6.07) is 6.36. The first kappa shape index (κ1) is 7.67. The Kier molecular flexibility index (Phi) is 1.97. The summed E-state index contributed by atoms with van der Waals surface area (Å²) >= 11 is 5.74. The molecule has 1 aromatic rings. The number of hydrogen-bond donors (Lipinski definition) is 0. The third-order valence-electron chi connectivity index (χ3n) is 2.13. The Bertz CT molecular complexity index is 317. The molecule has 0 N–H and O–H groups in total. The summed E-state index contributed by atoms with van der Waals surface area (Å²) in [6.07, 6.45) is 4.42. The van der Waals surface area contributed by atoms with E-state index in [9.17, 15) is 0 Å². The quantitative estimate of drug-likeness (QED) is 0.566. The van der Waals surface area contributed by atoms with Crippen LogP contribution < -0.4 is 0 Å². The van der Waals surface area contributed by atoms with Crippen LogP contribution >= 0.6 is 15.9 Å². The van der Waals surface area contributed by atoms with Crippen molar-refractivity contribution < 1.29 is 0 Å². The first-order valence-electron chi connectivity index (χ1n) is 3.75. The molecule has 0 saturated carbocycles. The molecule has 1 aliphatic rings. The van der Waals surface area contributed by atoms with Crippen molar-refractivity contribution in [3.63, 3.8) is 0 Å². The summed E-state index contributed by atoms with van der Waals surface area (Å²) in [5.41, 5.74) is 2.78. The van der Waals surface area contributed by atoms with E-state index in [4.69, 9.17) is 0 Å². The van der Waals surface area contributed by atoms with Crippen LogP contribution in [0.4, 0.5) is 0 Å². The van der Waals surface area contributed by atoms with E-state index in [1.165, 1.54) is 15.6 Å². The normalized spacial score (nSPS) is 20.5. The molecule has 0 nitrogen and oxygen atoms in total. The Labute approximate surface area is 84.0 Å². The molecule has 0 saturated heterocycles. The summed E-state index contributed by atoms with van der Waals surface area (Å²) < 4.78 is 1.79. The molecule has 11 heavy (non-hydrogen) atoms. The zero-order chi connectivity index (χ0) is 7.84. The van der Waals surface area contributed by atoms with Gasteiger partial charge in [-0.25, -0.2) is 0 Å². The molecule has 1 atom stereocenters. The van der Waals surface area contributed by atoms with Gasteiger partial charge in [-0.05, 0) is 0 Å². The van der Waals surface area contributed by atoms with Crippen LogP contribution in [0.15, 0.2) is 28.7 Å². The van der Waals surface area contributed by atoms with E-state index in [1.54, 1.807) is 0 Å². The number of allylic oxidation sites excluding steroid dienone is 1. The average molecular weight is 201 g/mol. The van der Waals surface area contributed by atoms with Gasteiger partial charge >= 0.3 is 84.2 Å². The van der Waals surface area contributed by atoms with Crippen LogP contribution in [-0.2, 0) is 0 Å². The molecule has 0 radical (unpaired) electrons. The number of hydrogen-bond acceptors (Lipinski definition) is 0. The maximum atomic E-state index is 3.52. The maximum absolute atomic E-state index is 3.52. The molecule has 2 rings (SSSR count). The third-order valence-corrected chi connectivity index (χ3v) is 2.82. The number of fused-ring (bicyclic) bond motifs is 1. The van der Waals surface area contributed by atoms with Gasteiger partial charge in [-0.3, -0.25) is 0 Å². The van der Waals surface area contributed by atoms with Gasteiger partial charge in [0.2, 0.25) is 0 Å². The average Bonchev–Trinajstić information content (AvgIpc) is 2.35. The molecule has 0 bridgehead atoms. The Balaban J connectivity index is 2.65. The summed E-state index contributed by atoms with van der Waals surface area (Å²) in [5, 5.41) is 0. The van der Waals surface area contributed by atoms with Gasteiger partial charge < -0.3 is 0 Å². The fraction of sp³-hybridized carbons (Fsp3) is 0.111. The second-order valence-electron chi connectivity index (χ2n) is 2.89. The van der Waals surface area contributed by atoms with Crippen LogP contribution in [0.5, 0.6) is 0 Å². The van der Waals surface area contributed by atoms with Gasteiger partial charge in [0.05, 0.1) is 0 Å². The van der Waals surface area contributed by atoms with Crippen molar-refractivity contribution in [2.24, 2.45) is 0 Å². The molecule has 50 valence electrons. The van der Waals surface area contributed by atoms with Crippen molar-refractivity contribution in [2.45, 2.75) is 4.59 Å². The first-order chi connectivity index (χ1) is 5.29. The Morgan fingerprint density at radius 3 is 2.91 bits per heavy atom. The SMILES string of the molecule is [Li][CH]1C=Cc2c(Br)cccc21. The zero-order valence-corrected chi connectivity index (χ0v) is 7.93.